The minimum Gasteiger partial charge on any atom is -0.390 e. The lowest BCUT2D eigenvalue weighted by Crippen LogP contribution is -2.45. The summed E-state index contributed by atoms with van der Waals surface area (Å²) in [4.78, 5) is 18.4. The van der Waals surface area contributed by atoms with Crippen molar-refractivity contribution in [2.45, 2.75) is 30.3 Å². The number of aromatic nitrogens is 1. The molecule has 1 amide bonds. The average Bonchev–Trinajstić information content (AvgIpc) is 3.23. The lowest BCUT2D eigenvalue weighted by atomic mass is 10.0. The quantitative estimate of drug-likeness (QED) is 0.253. The second-order valence-corrected chi connectivity index (χ2v) is 10.6. The number of anilines is 1. The number of nitrogens with zero attached hydrogens (tertiary/aromatic N) is 3. The number of nitrogens with two attached hydrogens (primary N) is 1. The number of para-hydroxylation sites is 1. The summed E-state index contributed by atoms with van der Waals surface area (Å²) in [7, 11) is -3.83. The van der Waals surface area contributed by atoms with Gasteiger partial charge in [-0.15, -0.1) is 0 Å². The number of fused-ring (bicyclic) bond motifs is 1. The van der Waals surface area contributed by atoms with Crippen molar-refractivity contribution in [1.82, 2.24) is 14.6 Å². The van der Waals surface area contributed by atoms with Crippen LogP contribution in [0.1, 0.15) is 15.7 Å². The molecule has 1 aliphatic rings. The molecule has 0 bridgehead atoms. The molecule has 0 aliphatic carbocycles. The van der Waals surface area contributed by atoms with E-state index < -0.39 is 10.0 Å². The van der Waals surface area contributed by atoms with Gasteiger partial charge in [0.25, 0.3) is 10.0 Å². The standard InChI is InChI=1S/C23H25ClN6O3S2.2H2/c24-20-3-1-2-16-8-11-30(22(16)20)14-21(31)27-17-9-12-29(13-10-17)18-4-6-19(7-5-18)35(32,33)28-23(34)26-15-25;;/h1-8,11,15,17H,9-10,12-14H2,(H,27,31)(H3,25,26,28,34);2*1H. The predicted molar refractivity (Wildman–Crippen MR) is 147 cm³/mol. The van der Waals surface area contributed by atoms with E-state index in [0.717, 1.165) is 48.9 Å². The Balaban J connectivity index is 0.00000241. The zero-order valence-electron chi connectivity index (χ0n) is 18.7. The van der Waals surface area contributed by atoms with Gasteiger partial charge in [-0.3, -0.25) is 9.52 Å². The number of carbonyl (C=O) groups is 1. The molecule has 0 saturated carbocycles. The molecule has 0 unspecified atom stereocenters. The number of thiocarbonyl (C=S) groups is 1. The Morgan fingerprint density at radius 1 is 1.20 bits per heavy atom. The number of hydrogen-bond acceptors (Lipinski definition) is 5. The zero-order valence-corrected chi connectivity index (χ0v) is 21.1. The molecule has 1 aromatic heterocycles. The maximum atomic E-state index is 12.7. The van der Waals surface area contributed by atoms with Crippen LogP contribution in [0.2, 0.25) is 5.02 Å². The first-order valence-corrected chi connectivity index (χ1v) is 13.2. The van der Waals surface area contributed by atoms with Gasteiger partial charge < -0.3 is 20.5 Å². The van der Waals surface area contributed by atoms with Crippen LogP contribution in [0.15, 0.2) is 64.6 Å². The number of carbonyl (C=O) groups excluding carboxylic acids is 1. The number of hydrogen-bond donors (Lipinski definition) is 3. The minimum absolute atomic E-state index is 0. The molecule has 35 heavy (non-hydrogen) atoms. The van der Waals surface area contributed by atoms with Crippen molar-refractivity contribution in [2.75, 3.05) is 18.0 Å². The number of nitrogens with one attached hydrogen (secondary N) is 2. The Hall–Kier alpha value is -3.15. The smallest absolute Gasteiger partial charge is 0.263 e. The van der Waals surface area contributed by atoms with Crippen LogP contribution >= 0.6 is 23.8 Å². The molecule has 2 heterocycles. The first kappa shape index (κ1) is 25.0. The van der Waals surface area contributed by atoms with Crippen molar-refractivity contribution in [3.8, 4) is 0 Å². The van der Waals surface area contributed by atoms with Crippen LogP contribution in [0.5, 0.6) is 0 Å². The Bertz CT molecular complexity index is 1370. The van der Waals surface area contributed by atoms with Gasteiger partial charge in [-0.05, 0) is 61.5 Å². The molecule has 4 rings (SSSR count). The van der Waals surface area contributed by atoms with Crippen molar-refractivity contribution in [3.05, 3.63) is 59.8 Å². The van der Waals surface area contributed by atoms with E-state index in [-0.39, 0.29) is 31.4 Å². The Kier molecular flexibility index (Phi) is 7.58. The summed E-state index contributed by atoms with van der Waals surface area (Å²) in [5, 5.41) is 4.51. The Morgan fingerprint density at radius 3 is 2.60 bits per heavy atom. The van der Waals surface area contributed by atoms with Gasteiger partial charge in [-0.25, -0.2) is 13.4 Å². The monoisotopic (exact) mass is 536 g/mol. The molecule has 4 N–H and O–H groups in total. The number of sulfonamides is 1. The molecule has 0 radical (unpaired) electrons. The van der Waals surface area contributed by atoms with E-state index in [1.54, 1.807) is 12.1 Å². The number of halogens is 1. The third kappa shape index (κ3) is 5.92. The fraction of sp³-hybridized carbons (Fsp3) is 0.261. The summed E-state index contributed by atoms with van der Waals surface area (Å²) in [6, 6.07) is 14.2. The number of benzene rings is 2. The van der Waals surface area contributed by atoms with Crippen molar-refractivity contribution in [1.29, 1.82) is 0 Å². The lowest BCUT2D eigenvalue weighted by Gasteiger charge is -2.34. The molecule has 188 valence electrons. The average molecular weight is 537 g/mol. The van der Waals surface area contributed by atoms with Gasteiger partial charge in [-0.1, -0.05) is 23.7 Å². The molecular formula is C23H29ClN6O3S2. The zero-order chi connectivity index (χ0) is 25.0. The van der Waals surface area contributed by atoms with Crippen LogP contribution in [-0.2, 0) is 21.4 Å². The number of rotatable bonds is 6. The third-order valence-electron chi connectivity index (χ3n) is 5.84. The topological polar surface area (TPSA) is 122 Å². The van der Waals surface area contributed by atoms with Crippen molar-refractivity contribution < 1.29 is 16.1 Å². The lowest BCUT2D eigenvalue weighted by molar-refractivity contribution is -0.122. The minimum atomic E-state index is -3.83. The second kappa shape index (κ2) is 10.6. The van der Waals surface area contributed by atoms with Crippen molar-refractivity contribution in [3.63, 3.8) is 0 Å². The van der Waals surface area contributed by atoms with E-state index in [4.69, 9.17) is 29.6 Å². The third-order valence-corrected chi connectivity index (χ3v) is 7.84. The maximum Gasteiger partial charge on any atom is 0.263 e. The highest BCUT2D eigenvalue weighted by atomic mass is 35.5. The normalized spacial score (nSPS) is 14.9. The van der Waals surface area contributed by atoms with E-state index in [2.05, 4.69) is 19.9 Å². The molecule has 3 aromatic rings. The van der Waals surface area contributed by atoms with E-state index in [9.17, 15) is 13.2 Å². The predicted octanol–water partition coefficient (Wildman–Crippen LogP) is 3.12. The summed E-state index contributed by atoms with van der Waals surface area (Å²) in [5.41, 5.74) is 6.90. The van der Waals surface area contributed by atoms with Gasteiger partial charge in [-0.2, -0.15) is 0 Å². The summed E-state index contributed by atoms with van der Waals surface area (Å²) in [6.45, 7) is 1.68. The van der Waals surface area contributed by atoms with Crippen LogP contribution < -0.4 is 20.7 Å². The summed E-state index contributed by atoms with van der Waals surface area (Å²) < 4.78 is 28.8. The first-order chi connectivity index (χ1) is 16.8. The van der Waals surface area contributed by atoms with E-state index in [0.29, 0.717) is 5.02 Å². The van der Waals surface area contributed by atoms with E-state index >= 15 is 0 Å². The molecule has 9 nitrogen and oxygen atoms in total. The van der Waals surface area contributed by atoms with E-state index in [1.165, 1.54) is 12.1 Å². The molecule has 0 spiro atoms. The number of aliphatic imine (C=N–C) groups is 1. The summed E-state index contributed by atoms with van der Waals surface area (Å²) >= 11 is 11.1. The van der Waals surface area contributed by atoms with Gasteiger partial charge in [0.2, 0.25) is 11.0 Å². The molecular weight excluding hydrogens is 508 g/mol. The van der Waals surface area contributed by atoms with Gasteiger partial charge >= 0.3 is 0 Å². The fourth-order valence-electron chi connectivity index (χ4n) is 4.16. The fourth-order valence-corrected chi connectivity index (χ4v) is 5.74. The highest BCUT2D eigenvalue weighted by Crippen LogP contribution is 2.25. The highest BCUT2D eigenvalue weighted by molar-refractivity contribution is 7.91. The van der Waals surface area contributed by atoms with Crippen molar-refractivity contribution >= 4 is 67.8 Å². The number of piperidine rings is 1. The molecule has 12 heteroatoms. The molecule has 0 atom stereocenters. The van der Waals surface area contributed by atoms with Crippen LogP contribution in [0.25, 0.3) is 10.9 Å². The molecule has 1 aliphatic heterocycles. The van der Waals surface area contributed by atoms with Crippen LogP contribution in [0.4, 0.5) is 5.69 Å². The highest BCUT2D eigenvalue weighted by Gasteiger charge is 2.22. The van der Waals surface area contributed by atoms with Crippen LogP contribution in [0, 0.1) is 0 Å². The largest absolute Gasteiger partial charge is 0.390 e. The molecule has 2 aromatic carbocycles. The molecule has 1 fully saturated rings. The molecule has 1 saturated heterocycles. The summed E-state index contributed by atoms with van der Waals surface area (Å²) in [6.07, 6.45) is 4.37. The Morgan fingerprint density at radius 2 is 1.91 bits per heavy atom. The van der Waals surface area contributed by atoms with Crippen molar-refractivity contribution in [2.24, 2.45) is 10.7 Å². The second-order valence-electron chi connectivity index (χ2n) is 8.13. The Labute approximate surface area is 217 Å². The first-order valence-electron chi connectivity index (χ1n) is 11.0. The van der Waals surface area contributed by atoms with Gasteiger partial charge in [0.15, 0.2) is 0 Å². The van der Waals surface area contributed by atoms with Gasteiger partial charge in [0, 0.05) is 39.3 Å². The van der Waals surface area contributed by atoms with Gasteiger partial charge in [0.1, 0.15) is 6.54 Å². The summed E-state index contributed by atoms with van der Waals surface area (Å²) in [5.74, 6) is -0.0557. The van der Waals surface area contributed by atoms with E-state index in [1.807, 2.05) is 35.0 Å². The van der Waals surface area contributed by atoms with Crippen LogP contribution in [-0.4, -0.2) is 49.5 Å². The maximum absolute atomic E-state index is 12.7. The van der Waals surface area contributed by atoms with Gasteiger partial charge in [0.05, 0.1) is 21.8 Å². The number of amides is 1. The van der Waals surface area contributed by atoms with Crippen LogP contribution in [0.3, 0.4) is 0 Å². The SMILES string of the molecule is NC=NC(=S)NS(=O)(=O)c1ccc(N2CCC(NC(=O)Cn3ccc4cccc(Cl)c43)CC2)cc1.[HH].[HH].